The Bertz CT molecular complexity index is 349. The molecule has 15 heavy (non-hydrogen) atoms. The average Bonchev–Trinajstić information content (AvgIpc) is 2.46. The van der Waals surface area contributed by atoms with Gasteiger partial charge in [0.2, 0.25) is 0 Å². The van der Waals surface area contributed by atoms with Crippen LogP contribution in [0.1, 0.15) is 30.9 Å². The molecule has 1 atom stereocenters. The molecule has 0 N–H and O–H groups in total. The predicted octanol–water partition coefficient (Wildman–Crippen LogP) is 4.41. The van der Waals surface area contributed by atoms with E-state index in [0.29, 0.717) is 3.17 Å². The Morgan fingerprint density at radius 3 is 2.53 bits per heavy atom. The summed E-state index contributed by atoms with van der Waals surface area (Å²) in [6.07, 6.45) is 7.29. The fraction of sp³-hybridized carbons (Fsp3) is 0.333. The molecule has 1 aromatic carbocycles. The molecule has 0 aromatic heterocycles. The van der Waals surface area contributed by atoms with Gasteiger partial charge >= 0.3 is 94.9 Å². The van der Waals surface area contributed by atoms with E-state index in [0.717, 1.165) is 0 Å². The first-order chi connectivity index (χ1) is 6.26. The van der Waals surface area contributed by atoms with Crippen molar-refractivity contribution in [1.82, 2.24) is 0 Å². The molecule has 0 spiro atoms. The van der Waals surface area contributed by atoms with E-state index in [2.05, 4.69) is 43.3 Å². The van der Waals surface area contributed by atoms with E-state index < -0.39 is 0 Å². The SMILES string of the molecule is Br.Br.CCC[C]1([Hf])C=Cc2ccccc21. The average molecular weight is 498 g/mol. The van der Waals surface area contributed by atoms with Gasteiger partial charge in [-0.3, -0.25) is 0 Å². The second-order valence-corrected chi connectivity index (χ2v) is 6.85. The molecule has 0 radical (unpaired) electrons. The molecule has 1 aliphatic rings. The van der Waals surface area contributed by atoms with Gasteiger partial charge in [-0.1, -0.05) is 0 Å². The third-order valence-corrected chi connectivity index (χ3v) is 5.10. The summed E-state index contributed by atoms with van der Waals surface area (Å²) in [7, 11) is 0. The van der Waals surface area contributed by atoms with Crippen molar-refractivity contribution in [2.45, 2.75) is 22.9 Å². The van der Waals surface area contributed by atoms with Crippen LogP contribution in [0.15, 0.2) is 30.3 Å². The second kappa shape index (κ2) is 6.51. The molecule has 0 aliphatic heterocycles. The van der Waals surface area contributed by atoms with Crippen molar-refractivity contribution >= 4 is 40.0 Å². The molecule has 81 valence electrons. The summed E-state index contributed by atoms with van der Waals surface area (Å²) in [6.45, 7) is 2.27. The molecule has 1 aromatic rings. The van der Waals surface area contributed by atoms with Crippen LogP contribution in [-0.2, 0) is 27.5 Å². The van der Waals surface area contributed by atoms with Gasteiger partial charge in [-0.15, -0.1) is 34.0 Å². The number of hydrogen-bond donors (Lipinski definition) is 0. The third-order valence-electron chi connectivity index (χ3n) is 2.63. The van der Waals surface area contributed by atoms with Crippen molar-refractivity contribution in [3.63, 3.8) is 0 Å². The van der Waals surface area contributed by atoms with Crippen LogP contribution in [0.25, 0.3) is 6.08 Å². The first-order valence-corrected chi connectivity index (χ1v) is 6.60. The van der Waals surface area contributed by atoms with Gasteiger partial charge in [0.05, 0.1) is 0 Å². The maximum absolute atomic E-state index is 2.41. The van der Waals surface area contributed by atoms with Gasteiger partial charge in [-0.05, 0) is 0 Å². The fourth-order valence-corrected chi connectivity index (χ4v) is 4.00. The van der Waals surface area contributed by atoms with Gasteiger partial charge in [0.25, 0.3) is 0 Å². The summed E-state index contributed by atoms with van der Waals surface area (Å²) in [5.74, 6) is 0. The van der Waals surface area contributed by atoms with Crippen molar-refractivity contribution in [3.05, 3.63) is 41.5 Å². The van der Waals surface area contributed by atoms with Crippen LogP contribution in [0, 0.1) is 0 Å². The first kappa shape index (κ1) is 15.8. The standard InChI is InChI=1S/C12H13.2BrH.Hf/c1-2-5-10-8-9-11-6-3-4-7-12(10)11;;;/h3-4,6-9H,2,5H2,1H3;2*1H;. The number of fused-ring (bicyclic) bond motifs is 1. The number of halogens is 2. The molecular weight excluding hydrogens is 482 g/mol. The Kier molecular flexibility index (Phi) is 6.85. The van der Waals surface area contributed by atoms with Gasteiger partial charge in [0, 0.05) is 0 Å². The van der Waals surface area contributed by atoms with E-state index in [1.807, 2.05) is 0 Å². The molecule has 1 aliphatic carbocycles. The zero-order valence-corrected chi connectivity index (χ0v) is 15.7. The van der Waals surface area contributed by atoms with Crippen LogP contribution < -0.4 is 0 Å². The van der Waals surface area contributed by atoms with Crippen LogP contribution >= 0.6 is 34.0 Å². The van der Waals surface area contributed by atoms with E-state index in [4.69, 9.17) is 0 Å². The number of allylic oxidation sites excluding steroid dienone is 1. The van der Waals surface area contributed by atoms with Gasteiger partial charge in [-0.2, -0.15) is 0 Å². The molecule has 0 heterocycles. The van der Waals surface area contributed by atoms with Crippen LogP contribution in [-0.4, -0.2) is 0 Å². The maximum atomic E-state index is 2.41. The third kappa shape index (κ3) is 3.13. The molecule has 0 nitrogen and oxygen atoms in total. The van der Waals surface area contributed by atoms with Crippen molar-refractivity contribution in [3.8, 4) is 0 Å². The molecule has 0 saturated carbocycles. The first-order valence-electron chi connectivity index (χ1n) is 4.80. The molecular formula is C12H15Br2Hf. The Labute approximate surface area is 128 Å². The molecule has 2 rings (SSSR count). The predicted molar refractivity (Wildman–Crippen MR) is 72.7 cm³/mol. The molecule has 3 heteroatoms. The van der Waals surface area contributed by atoms with Crippen LogP contribution in [0.2, 0.25) is 0 Å². The minimum absolute atomic E-state index is 0. The van der Waals surface area contributed by atoms with E-state index in [1.54, 1.807) is 5.56 Å². The Hall–Kier alpha value is 0.790. The summed E-state index contributed by atoms with van der Waals surface area (Å²) in [5.41, 5.74) is 2.99. The number of rotatable bonds is 2. The summed E-state index contributed by atoms with van der Waals surface area (Å²) in [5, 5.41) is 0. The topological polar surface area (TPSA) is 0 Å². The zero-order chi connectivity index (χ0) is 9.31. The van der Waals surface area contributed by atoms with Gasteiger partial charge in [0.15, 0.2) is 0 Å². The van der Waals surface area contributed by atoms with E-state index in [9.17, 15) is 0 Å². The Morgan fingerprint density at radius 1 is 1.20 bits per heavy atom. The molecule has 0 amide bonds. The van der Waals surface area contributed by atoms with Crippen LogP contribution in [0.4, 0.5) is 0 Å². The summed E-state index contributed by atoms with van der Waals surface area (Å²) < 4.78 is 0.436. The summed E-state index contributed by atoms with van der Waals surface area (Å²) in [4.78, 5) is 0. The molecule has 0 saturated heterocycles. The van der Waals surface area contributed by atoms with E-state index in [-0.39, 0.29) is 34.0 Å². The Balaban J connectivity index is 0.000000980. The summed E-state index contributed by atoms with van der Waals surface area (Å²) in [6, 6.07) is 8.80. The van der Waals surface area contributed by atoms with Crippen molar-refractivity contribution < 1.29 is 24.4 Å². The normalized spacial score (nSPS) is 21.3. The Morgan fingerprint density at radius 2 is 1.87 bits per heavy atom. The van der Waals surface area contributed by atoms with E-state index >= 15 is 0 Å². The van der Waals surface area contributed by atoms with Gasteiger partial charge in [0.1, 0.15) is 0 Å². The second-order valence-electron chi connectivity index (χ2n) is 3.64. The number of hydrogen-bond acceptors (Lipinski definition) is 0. The monoisotopic (exact) mass is 497 g/mol. The zero-order valence-electron chi connectivity index (χ0n) is 8.69. The van der Waals surface area contributed by atoms with Crippen molar-refractivity contribution in [1.29, 1.82) is 0 Å². The van der Waals surface area contributed by atoms with E-state index in [1.165, 1.54) is 42.8 Å². The van der Waals surface area contributed by atoms with Crippen molar-refractivity contribution in [2.24, 2.45) is 0 Å². The van der Waals surface area contributed by atoms with Gasteiger partial charge < -0.3 is 0 Å². The fourth-order valence-electron chi connectivity index (χ4n) is 1.98. The van der Waals surface area contributed by atoms with Crippen LogP contribution in [0.5, 0.6) is 0 Å². The molecule has 0 fully saturated rings. The number of benzene rings is 1. The summed E-state index contributed by atoms with van der Waals surface area (Å²) >= 11 is 1.23. The molecule has 1 unspecified atom stereocenters. The minimum atomic E-state index is 0. The van der Waals surface area contributed by atoms with Crippen molar-refractivity contribution in [2.75, 3.05) is 0 Å². The quantitative estimate of drug-likeness (QED) is 0.531. The molecule has 0 bridgehead atoms. The van der Waals surface area contributed by atoms with Crippen LogP contribution in [0.3, 0.4) is 0 Å². The van der Waals surface area contributed by atoms with Gasteiger partial charge in [-0.25, -0.2) is 0 Å².